The van der Waals surface area contributed by atoms with E-state index in [0.29, 0.717) is 6.61 Å². The van der Waals surface area contributed by atoms with E-state index < -0.39 is 0 Å². The number of rotatable bonds is 8. The number of hydrogen-bond acceptors (Lipinski definition) is 5. The Kier molecular flexibility index (Phi) is 6.32. The van der Waals surface area contributed by atoms with Crippen molar-refractivity contribution < 1.29 is 4.74 Å². The summed E-state index contributed by atoms with van der Waals surface area (Å²) >= 11 is 0. The molecule has 5 heteroatoms. The van der Waals surface area contributed by atoms with Gasteiger partial charge in [-0.05, 0) is 13.3 Å². The van der Waals surface area contributed by atoms with Crippen LogP contribution in [0.4, 0.5) is 11.6 Å². The number of anilines is 2. The van der Waals surface area contributed by atoms with Crippen molar-refractivity contribution in [3.8, 4) is 0 Å². The van der Waals surface area contributed by atoms with E-state index in [9.17, 15) is 0 Å². The highest BCUT2D eigenvalue weighted by molar-refractivity contribution is 5.46. The van der Waals surface area contributed by atoms with E-state index in [1.54, 1.807) is 0 Å². The fourth-order valence-corrected chi connectivity index (χ4v) is 1.39. The summed E-state index contributed by atoms with van der Waals surface area (Å²) < 4.78 is 5.46. The summed E-state index contributed by atoms with van der Waals surface area (Å²) in [5, 5.41) is 6.23. The Morgan fingerprint density at radius 1 is 1.24 bits per heavy atom. The molecule has 2 N–H and O–H groups in total. The Morgan fingerprint density at radius 2 is 2.00 bits per heavy atom. The highest BCUT2D eigenvalue weighted by Gasteiger charge is 1.99. The Balaban J connectivity index is 2.28. The van der Waals surface area contributed by atoms with Gasteiger partial charge in [-0.3, -0.25) is 0 Å². The molecular formula is C12H22N4O. The molecule has 0 atom stereocenters. The predicted molar refractivity (Wildman–Crippen MR) is 70.5 cm³/mol. The molecule has 1 rings (SSSR count). The summed E-state index contributed by atoms with van der Waals surface area (Å²) in [6, 6.07) is 1.89. The van der Waals surface area contributed by atoms with Crippen molar-refractivity contribution in [2.75, 3.05) is 37.4 Å². The van der Waals surface area contributed by atoms with Crippen molar-refractivity contribution in [2.45, 2.75) is 26.7 Å². The molecule has 0 unspecified atom stereocenters. The number of nitrogens with zero attached hydrogens (tertiary/aromatic N) is 2. The van der Waals surface area contributed by atoms with Gasteiger partial charge < -0.3 is 15.4 Å². The van der Waals surface area contributed by atoms with E-state index in [1.807, 2.05) is 20.0 Å². The summed E-state index contributed by atoms with van der Waals surface area (Å²) in [4.78, 5) is 8.53. The van der Waals surface area contributed by atoms with E-state index in [1.165, 1.54) is 6.42 Å². The minimum Gasteiger partial charge on any atom is -0.380 e. The molecule has 0 fully saturated rings. The zero-order valence-electron chi connectivity index (χ0n) is 10.9. The molecule has 0 aliphatic carbocycles. The third-order valence-corrected chi connectivity index (χ3v) is 2.29. The van der Waals surface area contributed by atoms with Crippen LogP contribution in [0.3, 0.4) is 0 Å². The van der Waals surface area contributed by atoms with Crippen LogP contribution in [0, 0.1) is 6.92 Å². The van der Waals surface area contributed by atoms with E-state index in [4.69, 9.17) is 4.74 Å². The Bertz CT molecular complexity index is 330. The molecule has 5 nitrogen and oxygen atoms in total. The first-order valence-electron chi connectivity index (χ1n) is 6.11. The van der Waals surface area contributed by atoms with E-state index in [-0.39, 0.29) is 0 Å². The first kappa shape index (κ1) is 13.7. The van der Waals surface area contributed by atoms with Crippen molar-refractivity contribution >= 4 is 11.6 Å². The molecule has 0 aliphatic heterocycles. The van der Waals surface area contributed by atoms with E-state index in [2.05, 4.69) is 27.5 Å². The van der Waals surface area contributed by atoms with Crippen LogP contribution >= 0.6 is 0 Å². The van der Waals surface area contributed by atoms with Crippen LogP contribution in [0.25, 0.3) is 0 Å². The Hall–Kier alpha value is -1.36. The molecule has 1 aromatic rings. The number of unbranched alkanes of at least 4 members (excludes halogenated alkanes) is 1. The fourth-order valence-electron chi connectivity index (χ4n) is 1.39. The zero-order valence-corrected chi connectivity index (χ0v) is 10.9. The number of aromatic nitrogens is 2. The molecule has 1 aromatic heterocycles. The minimum absolute atomic E-state index is 0.706. The number of nitrogens with one attached hydrogen (secondary N) is 2. The van der Waals surface area contributed by atoms with Gasteiger partial charge in [-0.1, -0.05) is 13.3 Å². The predicted octanol–water partition coefficient (Wildman–Crippen LogP) is 2.06. The second-order valence-corrected chi connectivity index (χ2v) is 3.83. The Morgan fingerprint density at radius 3 is 2.71 bits per heavy atom. The molecule has 0 saturated carbocycles. The summed E-state index contributed by atoms with van der Waals surface area (Å²) in [5.74, 6) is 2.42. The monoisotopic (exact) mass is 238 g/mol. The van der Waals surface area contributed by atoms with E-state index >= 15 is 0 Å². The topological polar surface area (TPSA) is 59.1 Å². The van der Waals surface area contributed by atoms with Crippen molar-refractivity contribution in [3.63, 3.8) is 0 Å². The summed E-state index contributed by atoms with van der Waals surface area (Å²) in [5.41, 5.74) is 0. The van der Waals surface area contributed by atoms with Gasteiger partial charge in [0.05, 0.1) is 6.61 Å². The first-order valence-corrected chi connectivity index (χ1v) is 6.11. The van der Waals surface area contributed by atoms with Gasteiger partial charge in [-0.2, -0.15) is 0 Å². The maximum absolute atomic E-state index is 5.46. The molecule has 0 amide bonds. The summed E-state index contributed by atoms with van der Waals surface area (Å²) in [6.07, 6.45) is 2.29. The van der Waals surface area contributed by atoms with Crippen LogP contribution in [-0.2, 0) is 4.74 Å². The lowest BCUT2D eigenvalue weighted by molar-refractivity contribution is 0.141. The van der Waals surface area contributed by atoms with Gasteiger partial charge in [0.25, 0.3) is 0 Å². The van der Waals surface area contributed by atoms with Crippen molar-refractivity contribution in [3.05, 3.63) is 11.9 Å². The van der Waals surface area contributed by atoms with Gasteiger partial charge in [0.15, 0.2) is 0 Å². The van der Waals surface area contributed by atoms with Crippen LogP contribution in [0.15, 0.2) is 6.07 Å². The quantitative estimate of drug-likeness (QED) is 0.679. The zero-order chi connectivity index (χ0) is 12.5. The smallest absolute Gasteiger partial charge is 0.131 e. The normalized spacial score (nSPS) is 10.3. The number of hydrogen-bond donors (Lipinski definition) is 2. The van der Waals surface area contributed by atoms with Crippen molar-refractivity contribution in [1.82, 2.24) is 9.97 Å². The number of ether oxygens (including phenoxy) is 1. The Labute approximate surface area is 103 Å². The molecule has 0 bridgehead atoms. The van der Waals surface area contributed by atoms with Crippen molar-refractivity contribution in [2.24, 2.45) is 0 Å². The molecule has 17 heavy (non-hydrogen) atoms. The first-order chi connectivity index (χ1) is 8.26. The van der Waals surface area contributed by atoms with Crippen LogP contribution in [0.2, 0.25) is 0 Å². The maximum atomic E-state index is 5.46. The molecule has 0 aliphatic rings. The van der Waals surface area contributed by atoms with Crippen LogP contribution in [-0.4, -0.2) is 36.8 Å². The van der Waals surface area contributed by atoms with E-state index in [0.717, 1.165) is 37.0 Å². The van der Waals surface area contributed by atoms with Crippen LogP contribution < -0.4 is 10.6 Å². The molecule has 0 radical (unpaired) electrons. The molecule has 1 heterocycles. The average molecular weight is 238 g/mol. The highest BCUT2D eigenvalue weighted by Crippen LogP contribution is 2.09. The highest BCUT2D eigenvalue weighted by atomic mass is 16.5. The fraction of sp³-hybridized carbons (Fsp3) is 0.667. The van der Waals surface area contributed by atoms with Gasteiger partial charge in [-0.15, -0.1) is 0 Å². The molecule has 96 valence electrons. The second kappa shape index (κ2) is 7.84. The molecular weight excluding hydrogens is 216 g/mol. The maximum Gasteiger partial charge on any atom is 0.131 e. The molecule has 0 spiro atoms. The van der Waals surface area contributed by atoms with Gasteiger partial charge >= 0.3 is 0 Å². The third-order valence-electron chi connectivity index (χ3n) is 2.29. The standard InChI is InChI=1S/C12H22N4O/c1-4-5-7-17-8-6-14-12-9-11(13-3)15-10(2)16-12/h9H,4-8H2,1-3H3,(H2,13,14,15,16). The second-order valence-electron chi connectivity index (χ2n) is 3.83. The van der Waals surface area contributed by atoms with Crippen LogP contribution in [0.1, 0.15) is 25.6 Å². The van der Waals surface area contributed by atoms with Gasteiger partial charge in [0, 0.05) is 26.3 Å². The average Bonchev–Trinajstić information content (AvgIpc) is 2.33. The minimum atomic E-state index is 0.706. The summed E-state index contributed by atoms with van der Waals surface area (Å²) in [6.45, 7) is 6.35. The largest absolute Gasteiger partial charge is 0.380 e. The SMILES string of the molecule is CCCCOCCNc1cc(NC)nc(C)n1. The lowest BCUT2D eigenvalue weighted by Gasteiger charge is -2.08. The summed E-state index contributed by atoms with van der Waals surface area (Å²) in [7, 11) is 1.85. The lowest BCUT2D eigenvalue weighted by Crippen LogP contribution is -2.12. The van der Waals surface area contributed by atoms with Gasteiger partial charge in [0.1, 0.15) is 17.5 Å². The number of aryl methyl sites for hydroxylation is 1. The van der Waals surface area contributed by atoms with Gasteiger partial charge in [-0.25, -0.2) is 9.97 Å². The molecule has 0 saturated heterocycles. The van der Waals surface area contributed by atoms with Crippen molar-refractivity contribution in [1.29, 1.82) is 0 Å². The van der Waals surface area contributed by atoms with Gasteiger partial charge in [0.2, 0.25) is 0 Å². The molecule has 0 aromatic carbocycles. The third kappa shape index (κ3) is 5.49. The lowest BCUT2D eigenvalue weighted by atomic mass is 10.4. The van der Waals surface area contributed by atoms with Crippen LogP contribution in [0.5, 0.6) is 0 Å².